The third-order valence-electron chi connectivity index (χ3n) is 4.65. The van der Waals surface area contributed by atoms with Crippen molar-refractivity contribution in [3.63, 3.8) is 0 Å². The summed E-state index contributed by atoms with van der Waals surface area (Å²) in [6, 6.07) is 7.60. The van der Waals surface area contributed by atoms with Gasteiger partial charge in [0.2, 0.25) is 0 Å². The molecule has 2 aromatic rings. The van der Waals surface area contributed by atoms with Crippen LogP contribution in [0.3, 0.4) is 0 Å². The molecule has 1 fully saturated rings. The average molecular weight is 358 g/mol. The Bertz CT molecular complexity index is 811. The highest BCUT2D eigenvalue weighted by molar-refractivity contribution is 5.94. The maximum Gasteiger partial charge on any atom is 0.410 e. The Kier molecular flexibility index (Phi) is 4.94. The number of piperidine rings is 1. The van der Waals surface area contributed by atoms with Crippen molar-refractivity contribution in [3.8, 4) is 0 Å². The number of fused-ring (bicyclic) bond motifs is 1. The molecule has 1 amide bonds. The van der Waals surface area contributed by atoms with Crippen molar-refractivity contribution in [1.82, 2.24) is 9.88 Å². The van der Waals surface area contributed by atoms with Crippen molar-refractivity contribution in [3.05, 3.63) is 35.5 Å². The second-order valence-electron chi connectivity index (χ2n) is 7.76. The topological polar surface area (TPSA) is 71.6 Å². The van der Waals surface area contributed by atoms with E-state index in [1.807, 2.05) is 32.9 Å². The minimum atomic E-state index is -0.470. The lowest BCUT2D eigenvalue weighted by molar-refractivity contribution is 0.0204. The van der Waals surface area contributed by atoms with E-state index in [0.29, 0.717) is 24.6 Å². The summed E-state index contributed by atoms with van der Waals surface area (Å²) in [6.07, 6.45) is 1.53. The molecule has 1 saturated heterocycles. The van der Waals surface area contributed by atoms with Gasteiger partial charge in [-0.2, -0.15) is 0 Å². The molecular formula is C20H26N2O4. The van der Waals surface area contributed by atoms with Crippen LogP contribution in [-0.2, 0) is 9.47 Å². The summed E-state index contributed by atoms with van der Waals surface area (Å²) >= 11 is 0. The maximum absolute atomic E-state index is 12.2. The molecule has 1 aliphatic rings. The summed E-state index contributed by atoms with van der Waals surface area (Å²) in [5.74, 6) is 0.0305. The second kappa shape index (κ2) is 7.02. The standard InChI is InChI=1S/C20H26N2O4/c1-20(2,3)26-19(24)22-9-7-13(8-10-22)17-12-15-11-14(18(23)25-4)5-6-16(15)21-17/h5-6,11-13,21H,7-10H2,1-4H3. The third kappa shape index (κ3) is 4.00. The number of H-pyrrole nitrogens is 1. The molecule has 1 aliphatic heterocycles. The molecule has 26 heavy (non-hydrogen) atoms. The van der Waals surface area contributed by atoms with Crippen molar-refractivity contribution >= 4 is 23.0 Å². The third-order valence-corrected chi connectivity index (χ3v) is 4.65. The molecule has 6 nitrogen and oxygen atoms in total. The number of aromatic nitrogens is 1. The summed E-state index contributed by atoms with van der Waals surface area (Å²) < 4.78 is 10.2. The minimum absolute atomic E-state index is 0.240. The first kappa shape index (κ1) is 18.3. The highest BCUT2D eigenvalue weighted by Crippen LogP contribution is 2.31. The number of likely N-dealkylation sites (tertiary alicyclic amines) is 1. The van der Waals surface area contributed by atoms with Gasteiger partial charge in [-0.05, 0) is 57.9 Å². The molecule has 6 heteroatoms. The normalized spacial score (nSPS) is 15.9. The van der Waals surface area contributed by atoms with Gasteiger partial charge in [0.15, 0.2) is 0 Å². The second-order valence-corrected chi connectivity index (χ2v) is 7.76. The average Bonchev–Trinajstić information content (AvgIpc) is 3.02. The van der Waals surface area contributed by atoms with E-state index in [1.54, 1.807) is 11.0 Å². The van der Waals surface area contributed by atoms with Gasteiger partial charge in [-0.3, -0.25) is 0 Å². The predicted octanol–water partition coefficient (Wildman–Crippen LogP) is 4.07. The lowest BCUT2D eigenvalue weighted by atomic mass is 9.94. The molecule has 2 heterocycles. The summed E-state index contributed by atoms with van der Waals surface area (Å²) in [6.45, 7) is 7.00. The number of amides is 1. The molecule has 0 saturated carbocycles. The van der Waals surface area contributed by atoms with E-state index in [2.05, 4.69) is 11.1 Å². The van der Waals surface area contributed by atoms with Crippen LogP contribution in [0.2, 0.25) is 0 Å². The van der Waals surface area contributed by atoms with Gasteiger partial charge >= 0.3 is 12.1 Å². The zero-order chi connectivity index (χ0) is 18.9. The van der Waals surface area contributed by atoms with Gasteiger partial charge < -0.3 is 19.4 Å². The first-order valence-electron chi connectivity index (χ1n) is 8.96. The van der Waals surface area contributed by atoms with Crippen molar-refractivity contribution in [2.24, 2.45) is 0 Å². The quantitative estimate of drug-likeness (QED) is 0.822. The molecule has 140 valence electrons. The zero-order valence-corrected chi connectivity index (χ0v) is 15.8. The van der Waals surface area contributed by atoms with Crippen LogP contribution in [-0.4, -0.2) is 47.7 Å². The number of methoxy groups -OCH3 is 1. The number of carbonyl (C=O) groups excluding carboxylic acids is 2. The van der Waals surface area contributed by atoms with Crippen LogP contribution in [0.4, 0.5) is 4.79 Å². The summed E-state index contributed by atoms with van der Waals surface area (Å²) in [5, 5.41) is 0.998. The van der Waals surface area contributed by atoms with Crippen LogP contribution < -0.4 is 0 Å². The SMILES string of the molecule is COC(=O)c1ccc2[nH]c(C3CCN(C(=O)OC(C)(C)C)CC3)cc2c1. The number of ether oxygens (including phenoxy) is 2. The van der Waals surface area contributed by atoms with Gasteiger partial charge in [-0.25, -0.2) is 9.59 Å². The van der Waals surface area contributed by atoms with Gasteiger partial charge in [0, 0.05) is 35.6 Å². The van der Waals surface area contributed by atoms with Crippen LogP contribution in [0.5, 0.6) is 0 Å². The molecule has 0 atom stereocenters. The molecule has 0 radical (unpaired) electrons. The number of hydrogen-bond acceptors (Lipinski definition) is 4. The van der Waals surface area contributed by atoms with E-state index >= 15 is 0 Å². The van der Waals surface area contributed by atoms with Crippen molar-refractivity contribution in [2.75, 3.05) is 20.2 Å². The Morgan fingerprint density at radius 1 is 1.15 bits per heavy atom. The van der Waals surface area contributed by atoms with Crippen LogP contribution in [0.25, 0.3) is 10.9 Å². The fourth-order valence-corrected chi connectivity index (χ4v) is 3.32. The number of carbonyl (C=O) groups is 2. The van der Waals surface area contributed by atoms with E-state index < -0.39 is 5.60 Å². The van der Waals surface area contributed by atoms with Gasteiger partial charge in [-0.1, -0.05) is 0 Å². The van der Waals surface area contributed by atoms with Gasteiger partial charge in [-0.15, -0.1) is 0 Å². The Morgan fingerprint density at radius 3 is 2.46 bits per heavy atom. The van der Waals surface area contributed by atoms with Gasteiger partial charge in [0.25, 0.3) is 0 Å². The summed E-state index contributed by atoms with van der Waals surface area (Å²) in [7, 11) is 1.38. The van der Waals surface area contributed by atoms with Gasteiger partial charge in [0.05, 0.1) is 12.7 Å². The van der Waals surface area contributed by atoms with E-state index in [1.165, 1.54) is 7.11 Å². The molecule has 1 aromatic carbocycles. The molecule has 0 spiro atoms. The van der Waals surface area contributed by atoms with Crippen molar-refractivity contribution in [2.45, 2.75) is 45.1 Å². The lowest BCUT2D eigenvalue weighted by Gasteiger charge is -2.33. The number of nitrogens with one attached hydrogen (secondary N) is 1. The highest BCUT2D eigenvalue weighted by atomic mass is 16.6. The number of nitrogens with zero attached hydrogens (tertiary/aromatic N) is 1. The van der Waals surface area contributed by atoms with Gasteiger partial charge in [0.1, 0.15) is 5.60 Å². The smallest absolute Gasteiger partial charge is 0.410 e. The Labute approximate surface area is 153 Å². The molecule has 1 N–H and O–H groups in total. The first-order chi connectivity index (χ1) is 12.3. The highest BCUT2D eigenvalue weighted by Gasteiger charge is 2.28. The Balaban J connectivity index is 1.67. The van der Waals surface area contributed by atoms with Crippen LogP contribution >= 0.6 is 0 Å². The monoisotopic (exact) mass is 358 g/mol. The summed E-state index contributed by atoms with van der Waals surface area (Å²) in [4.78, 5) is 29.1. The number of aromatic amines is 1. The fraction of sp³-hybridized carbons (Fsp3) is 0.500. The van der Waals surface area contributed by atoms with E-state index in [9.17, 15) is 9.59 Å². The molecule has 1 aromatic heterocycles. The molecular weight excluding hydrogens is 332 g/mol. The molecule has 0 unspecified atom stereocenters. The number of hydrogen-bond donors (Lipinski definition) is 1. The molecule has 0 aliphatic carbocycles. The van der Waals surface area contributed by atoms with Crippen LogP contribution in [0, 0.1) is 0 Å². The summed E-state index contributed by atoms with van der Waals surface area (Å²) in [5.41, 5.74) is 2.22. The maximum atomic E-state index is 12.2. The zero-order valence-electron chi connectivity index (χ0n) is 15.8. The Morgan fingerprint density at radius 2 is 1.85 bits per heavy atom. The van der Waals surface area contributed by atoms with Crippen LogP contribution in [0.15, 0.2) is 24.3 Å². The first-order valence-corrected chi connectivity index (χ1v) is 8.96. The van der Waals surface area contributed by atoms with Crippen molar-refractivity contribution < 1.29 is 19.1 Å². The van der Waals surface area contributed by atoms with Crippen molar-refractivity contribution in [1.29, 1.82) is 0 Å². The predicted molar refractivity (Wildman–Crippen MR) is 99.4 cm³/mol. The number of esters is 1. The lowest BCUT2D eigenvalue weighted by Crippen LogP contribution is -2.41. The minimum Gasteiger partial charge on any atom is -0.465 e. The van der Waals surface area contributed by atoms with Crippen LogP contribution in [0.1, 0.15) is 55.6 Å². The van der Waals surface area contributed by atoms with E-state index in [-0.39, 0.29) is 12.1 Å². The molecule has 3 rings (SSSR count). The largest absolute Gasteiger partial charge is 0.465 e. The number of benzene rings is 1. The van der Waals surface area contributed by atoms with E-state index in [0.717, 1.165) is 29.4 Å². The molecule has 0 bridgehead atoms. The van der Waals surface area contributed by atoms with E-state index in [4.69, 9.17) is 9.47 Å². The number of rotatable bonds is 2. The Hall–Kier alpha value is -2.50. The fourth-order valence-electron chi connectivity index (χ4n) is 3.32.